The molecular formula is C13H14N2O4. The van der Waals surface area contributed by atoms with Crippen LogP contribution >= 0.6 is 0 Å². The van der Waals surface area contributed by atoms with Gasteiger partial charge in [-0.2, -0.15) is 0 Å². The molecule has 6 heteroatoms. The van der Waals surface area contributed by atoms with Crippen molar-refractivity contribution in [3.8, 4) is 0 Å². The Labute approximate surface area is 110 Å². The van der Waals surface area contributed by atoms with E-state index in [1.165, 1.54) is 0 Å². The summed E-state index contributed by atoms with van der Waals surface area (Å²) in [6, 6.07) is 6.36. The van der Waals surface area contributed by atoms with E-state index in [0.29, 0.717) is 18.7 Å². The Bertz CT molecular complexity index is 507. The number of hydrogen-bond acceptors (Lipinski definition) is 4. The average Bonchev–Trinajstić information content (AvgIpc) is 2.36. The summed E-state index contributed by atoms with van der Waals surface area (Å²) in [6.45, 7) is 0.486. The number of nitrogens with one attached hydrogen (secondary N) is 1. The van der Waals surface area contributed by atoms with Gasteiger partial charge in [0.1, 0.15) is 6.42 Å². The Kier molecular flexibility index (Phi) is 3.91. The largest absolute Gasteiger partial charge is 0.384 e. The molecule has 2 rings (SSSR count). The summed E-state index contributed by atoms with van der Waals surface area (Å²) in [6.07, 6.45) is 0.266. The fraction of sp³-hybridized carbons (Fsp3) is 0.308. The molecule has 0 aromatic heterocycles. The van der Waals surface area contributed by atoms with Crippen LogP contribution in [0.4, 0.5) is 10.5 Å². The number of imide groups is 2. The van der Waals surface area contributed by atoms with E-state index < -0.39 is 17.8 Å². The minimum Gasteiger partial charge on any atom is -0.384 e. The highest BCUT2D eigenvalue weighted by molar-refractivity contribution is 6.26. The number of ether oxygens (including phenoxy) is 1. The van der Waals surface area contributed by atoms with Crippen molar-refractivity contribution < 1.29 is 19.1 Å². The van der Waals surface area contributed by atoms with Crippen molar-refractivity contribution in [2.75, 3.05) is 18.6 Å². The van der Waals surface area contributed by atoms with E-state index in [1.54, 1.807) is 19.2 Å². The zero-order valence-corrected chi connectivity index (χ0v) is 10.5. The van der Waals surface area contributed by atoms with E-state index in [9.17, 15) is 14.4 Å². The smallest absolute Gasteiger partial charge is 0.335 e. The van der Waals surface area contributed by atoms with E-state index in [0.717, 1.165) is 10.5 Å². The number of nitrogens with zero attached hydrogens (tertiary/aromatic N) is 1. The van der Waals surface area contributed by atoms with Crippen molar-refractivity contribution in [3.63, 3.8) is 0 Å². The molecule has 4 amide bonds. The third-order valence-corrected chi connectivity index (χ3v) is 2.82. The summed E-state index contributed by atoms with van der Waals surface area (Å²) < 4.78 is 5.00. The highest BCUT2D eigenvalue weighted by Gasteiger charge is 2.32. The van der Waals surface area contributed by atoms with Crippen LogP contribution in [-0.2, 0) is 20.7 Å². The molecule has 1 aromatic carbocycles. The Balaban J connectivity index is 2.32. The maximum Gasteiger partial charge on any atom is 0.335 e. The molecule has 0 bridgehead atoms. The first-order valence-corrected chi connectivity index (χ1v) is 5.87. The molecule has 6 nitrogen and oxygen atoms in total. The van der Waals surface area contributed by atoms with Gasteiger partial charge >= 0.3 is 6.03 Å². The molecule has 1 fully saturated rings. The van der Waals surface area contributed by atoms with Gasteiger partial charge in [0.25, 0.3) is 0 Å². The van der Waals surface area contributed by atoms with Gasteiger partial charge in [0.05, 0.1) is 12.3 Å². The van der Waals surface area contributed by atoms with E-state index >= 15 is 0 Å². The second-order valence-electron chi connectivity index (χ2n) is 4.13. The van der Waals surface area contributed by atoms with Crippen LogP contribution in [0, 0.1) is 0 Å². The number of methoxy groups -OCH3 is 1. The zero-order valence-electron chi connectivity index (χ0n) is 10.5. The molecule has 19 heavy (non-hydrogen) atoms. The van der Waals surface area contributed by atoms with Gasteiger partial charge in [0, 0.05) is 7.11 Å². The zero-order chi connectivity index (χ0) is 13.8. The standard InChI is InChI=1S/C13H14N2O4/c1-19-7-6-9-4-2-3-5-10(9)15-12(17)8-11(16)14-13(15)18/h2-5H,6-8H2,1H3,(H,14,16,18). The number of hydrogen-bond donors (Lipinski definition) is 1. The molecule has 1 aromatic rings. The van der Waals surface area contributed by atoms with Gasteiger partial charge in [-0.25, -0.2) is 9.69 Å². The van der Waals surface area contributed by atoms with Crippen LogP contribution in [0.15, 0.2) is 24.3 Å². The summed E-state index contributed by atoms with van der Waals surface area (Å²) in [5, 5.41) is 2.14. The van der Waals surface area contributed by atoms with Crippen molar-refractivity contribution in [1.29, 1.82) is 0 Å². The highest BCUT2D eigenvalue weighted by atomic mass is 16.5. The van der Waals surface area contributed by atoms with Gasteiger partial charge < -0.3 is 4.74 Å². The summed E-state index contributed by atoms with van der Waals surface area (Å²) in [5.74, 6) is -1.08. The van der Waals surface area contributed by atoms with E-state index in [-0.39, 0.29) is 6.42 Å². The normalized spacial score (nSPS) is 15.6. The molecule has 0 aliphatic carbocycles. The number of carbonyl (C=O) groups is 3. The molecule has 1 heterocycles. The SMILES string of the molecule is COCCc1ccccc1N1C(=O)CC(=O)NC1=O. The fourth-order valence-corrected chi connectivity index (χ4v) is 1.95. The van der Waals surface area contributed by atoms with E-state index in [4.69, 9.17) is 4.74 Å². The van der Waals surface area contributed by atoms with Crippen LogP contribution in [0.2, 0.25) is 0 Å². The van der Waals surface area contributed by atoms with Gasteiger partial charge in [-0.3, -0.25) is 14.9 Å². The molecule has 0 unspecified atom stereocenters. The maximum absolute atomic E-state index is 11.9. The molecule has 100 valence electrons. The number of rotatable bonds is 4. The third kappa shape index (κ3) is 2.79. The van der Waals surface area contributed by atoms with Crippen LogP contribution in [0.3, 0.4) is 0 Å². The summed E-state index contributed by atoms with van der Waals surface area (Å²) in [7, 11) is 1.58. The molecule has 0 atom stereocenters. The average molecular weight is 262 g/mol. The third-order valence-electron chi connectivity index (χ3n) is 2.82. The number of para-hydroxylation sites is 1. The van der Waals surface area contributed by atoms with Crippen molar-refractivity contribution >= 4 is 23.5 Å². The molecule has 1 aliphatic heterocycles. The molecule has 1 aliphatic rings. The number of barbiturate groups is 1. The van der Waals surface area contributed by atoms with Gasteiger partial charge in [-0.05, 0) is 18.1 Å². The van der Waals surface area contributed by atoms with Gasteiger partial charge in [0.15, 0.2) is 0 Å². The number of urea groups is 1. The Morgan fingerprint density at radius 2 is 2.00 bits per heavy atom. The molecular weight excluding hydrogens is 248 g/mol. The fourth-order valence-electron chi connectivity index (χ4n) is 1.95. The minimum atomic E-state index is -0.703. The molecule has 0 radical (unpaired) electrons. The van der Waals surface area contributed by atoms with Crippen LogP contribution < -0.4 is 10.2 Å². The Morgan fingerprint density at radius 1 is 1.26 bits per heavy atom. The van der Waals surface area contributed by atoms with Gasteiger partial charge in [0.2, 0.25) is 11.8 Å². The first-order valence-electron chi connectivity index (χ1n) is 5.87. The first-order chi connectivity index (χ1) is 9.13. The predicted octanol–water partition coefficient (Wildman–Crippen LogP) is 0.848. The second-order valence-corrected chi connectivity index (χ2v) is 4.13. The first kappa shape index (κ1) is 13.2. The lowest BCUT2D eigenvalue weighted by atomic mass is 10.1. The van der Waals surface area contributed by atoms with E-state index in [2.05, 4.69) is 5.32 Å². The summed E-state index contributed by atoms with van der Waals surface area (Å²) in [5.41, 5.74) is 1.32. The van der Waals surface area contributed by atoms with E-state index in [1.807, 2.05) is 12.1 Å². The number of benzene rings is 1. The summed E-state index contributed by atoms with van der Waals surface area (Å²) in [4.78, 5) is 35.8. The second kappa shape index (κ2) is 5.62. The monoisotopic (exact) mass is 262 g/mol. The van der Waals surface area contributed by atoms with Crippen molar-refractivity contribution in [1.82, 2.24) is 5.32 Å². The molecule has 0 spiro atoms. The maximum atomic E-state index is 11.9. The summed E-state index contributed by atoms with van der Waals surface area (Å²) >= 11 is 0. The van der Waals surface area contributed by atoms with Crippen LogP contribution in [0.25, 0.3) is 0 Å². The Morgan fingerprint density at radius 3 is 2.68 bits per heavy atom. The lowest BCUT2D eigenvalue weighted by Gasteiger charge is -2.26. The predicted molar refractivity (Wildman–Crippen MR) is 67.7 cm³/mol. The van der Waals surface area contributed by atoms with Crippen molar-refractivity contribution in [2.24, 2.45) is 0 Å². The number of anilines is 1. The van der Waals surface area contributed by atoms with Crippen molar-refractivity contribution in [3.05, 3.63) is 29.8 Å². The Hall–Kier alpha value is -2.21. The highest BCUT2D eigenvalue weighted by Crippen LogP contribution is 2.23. The van der Waals surface area contributed by atoms with Crippen LogP contribution in [0.5, 0.6) is 0 Å². The number of amides is 4. The molecule has 0 saturated carbocycles. The van der Waals surface area contributed by atoms with Gasteiger partial charge in [-0.1, -0.05) is 18.2 Å². The van der Waals surface area contributed by atoms with Crippen LogP contribution in [0.1, 0.15) is 12.0 Å². The molecule has 1 N–H and O–H groups in total. The van der Waals surface area contributed by atoms with Gasteiger partial charge in [-0.15, -0.1) is 0 Å². The van der Waals surface area contributed by atoms with Crippen molar-refractivity contribution in [2.45, 2.75) is 12.8 Å². The number of carbonyl (C=O) groups excluding carboxylic acids is 3. The minimum absolute atomic E-state index is 0.315. The quantitative estimate of drug-likeness (QED) is 0.816. The lowest BCUT2D eigenvalue weighted by molar-refractivity contribution is -0.128. The topological polar surface area (TPSA) is 75.7 Å². The molecule has 1 saturated heterocycles. The van der Waals surface area contributed by atoms with Crippen LogP contribution in [-0.4, -0.2) is 31.6 Å². The lowest BCUT2D eigenvalue weighted by Crippen LogP contribution is -2.53.